The molecular weight excluding hydrogens is 236 g/mol. The number of nitrogens with two attached hydrogens (primary N) is 1. The van der Waals surface area contributed by atoms with Crippen molar-refractivity contribution in [2.24, 2.45) is 5.73 Å². The Hall–Kier alpha value is -0.900. The number of nitrogens with zero attached hydrogens (tertiary/aromatic N) is 1. The van der Waals surface area contributed by atoms with Crippen LogP contribution in [0.1, 0.15) is 31.2 Å². The summed E-state index contributed by atoms with van der Waals surface area (Å²) in [6.07, 6.45) is 4.34. The second-order valence-electron chi connectivity index (χ2n) is 6.05. The van der Waals surface area contributed by atoms with Crippen LogP contribution in [0.15, 0.2) is 30.3 Å². The lowest BCUT2D eigenvalue weighted by atomic mass is 9.82. The van der Waals surface area contributed by atoms with Crippen molar-refractivity contribution < 1.29 is 4.74 Å². The Morgan fingerprint density at radius 3 is 2.63 bits per heavy atom. The number of piperidine rings is 1. The van der Waals surface area contributed by atoms with Crippen LogP contribution in [-0.2, 0) is 11.3 Å². The molecule has 1 aromatic carbocycles. The molecule has 2 aliphatic rings. The molecular formula is C16H24N2O. The van der Waals surface area contributed by atoms with Gasteiger partial charge in [0.1, 0.15) is 0 Å². The number of hydrogen-bond acceptors (Lipinski definition) is 3. The van der Waals surface area contributed by atoms with Crippen LogP contribution in [0.25, 0.3) is 0 Å². The van der Waals surface area contributed by atoms with Gasteiger partial charge in [-0.2, -0.15) is 0 Å². The van der Waals surface area contributed by atoms with Crippen molar-refractivity contribution in [1.29, 1.82) is 0 Å². The maximum absolute atomic E-state index is 6.10. The summed E-state index contributed by atoms with van der Waals surface area (Å²) >= 11 is 0. The van der Waals surface area contributed by atoms with Gasteiger partial charge in [0.25, 0.3) is 0 Å². The Morgan fingerprint density at radius 2 is 1.95 bits per heavy atom. The summed E-state index contributed by atoms with van der Waals surface area (Å²) in [5.74, 6) is 0. The number of likely N-dealkylation sites (tertiary alicyclic amines) is 1. The first-order chi connectivity index (χ1) is 9.26. The third-order valence-corrected chi connectivity index (χ3v) is 4.55. The number of hydrogen-bond donors (Lipinski definition) is 1. The van der Waals surface area contributed by atoms with E-state index in [4.69, 9.17) is 10.5 Å². The standard InChI is InChI=1S/C16H24N2O/c17-15-6-11-19-16(12-15)7-9-18(10-8-16)13-14-4-2-1-3-5-14/h1-5,15H,6-13,17H2. The summed E-state index contributed by atoms with van der Waals surface area (Å²) in [6, 6.07) is 11.1. The quantitative estimate of drug-likeness (QED) is 0.885. The van der Waals surface area contributed by atoms with Crippen LogP contribution in [0.2, 0.25) is 0 Å². The normalized spacial score (nSPS) is 27.5. The van der Waals surface area contributed by atoms with E-state index >= 15 is 0 Å². The second kappa shape index (κ2) is 5.61. The van der Waals surface area contributed by atoms with E-state index in [0.717, 1.165) is 51.9 Å². The summed E-state index contributed by atoms with van der Waals surface area (Å²) in [7, 11) is 0. The first-order valence-corrected chi connectivity index (χ1v) is 7.42. The van der Waals surface area contributed by atoms with Crippen molar-refractivity contribution in [3.63, 3.8) is 0 Å². The smallest absolute Gasteiger partial charge is 0.0721 e. The van der Waals surface area contributed by atoms with E-state index in [-0.39, 0.29) is 5.60 Å². The molecule has 2 aliphatic heterocycles. The Morgan fingerprint density at radius 1 is 1.21 bits per heavy atom. The van der Waals surface area contributed by atoms with Gasteiger partial charge in [0.15, 0.2) is 0 Å². The van der Waals surface area contributed by atoms with Crippen molar-refractivity contribution in [2.45, 2.75) is 43.9 Å². The Labute approximate surface area is 115 Å². The first-order valence-electron chi connectivity index (χ1n) is 7.42. The van der Waals surface area contributed by atoms with Gasteiger partial charge >= 0.3 is 0 Å². The minimum atomic E-state index is 0.0881. The van der Waals surface area contributed by atoms with Crippen molar-refractivity contribution in [2.75, 3.05) is 19.7 Å². The van der Waals surface area contributed by atoms with Crippen LogP contribution in [0.4, 0.5) is 0 Å². The lowest BCUT2D eigenvalue weighted by molar-refractivity contribution is -0.116. The third-order valence-electron chi connectivity index (χ3n) is 4.55. The molecule has 0 aliphatic carbocycles. The van der Waals surface area contributed by atoms with Crippen molar-refractivity contribution in [3.8, 4) is 0 Å². The fraction of sp³-hybridized carbons (Fsp3) is 0.625. The molecule has 2 N–H and O–H groups in total. The van der Waals surface area contributed by atoms with Gasteiger partial charge in [0, 0.05) is 32.3 Å². The summed E-state index contributed by atoms with van der Waals surface area (Å²) in [6.45, 7) is 4.16. The molecule has 0 bridgehead atoms. The maximum atomic E-state index is 6.10. The average molecular weight is 260 g/mol. The topological polar surface area (TPSA) is 38.5 Å². The highest BCUT2D eigenvalue weighted by Crippen LogP contribution is 2.34. The summed E-state index contributed by atoms with van der Waals surface area (Å²) in [5.41, 5.74) is 7.60. The third kappa shape index (κ3) is 3.16. The van der Waals surface area contributed by atoms with E-state index in [1.807, 2.05) is 0 Å². The highest BCUT2D eigenvalue weighted by molar-refractivity contribution is 5.14. The summed E-state index contributed by atoms with van der Waals surface area (Å²) < 4.78 is 6.07. The van der Waals surface area contributed by atoms with E-state index in [9.17, 15) is 0 Å². The van der Waals surface area contributed by atoms with Crippen molar-refractivity contribution in [3.05, 3.63) is 35.9 Å². The maximum Gasteiger partial charge on any atom is 0.0721 e. The van der Waals surface area contributed by atoms with Crippen LogP contribution in [0.5, 0.6) is 0 Å². The molecule has 19 heavy (non-hydrogen) atoms. The average Bonchev–Trinajstić information content (AvgIpc) is 2.43. The highest BCUT2D eigenvalue weighted by atomic mass is 16.5. The summed E-state index contributed by atoms with van der Waals surface area (Å²) in [4.78, 5) is 2.53. The Kier molecular flexibility index (Phi) is 3.87. The van der Waals surface area contributed by atoms with Gasteiger partial charge < -0.3 is 10.5 Å². The molecule has 3 heteroatoms. The molecule has 1 aromatic rings. The van der Waals surface area contributed by atoms with E-state index in [1.54, 1.807) is 0 Å². The van der Waals surface area contributed by atoms with Gasteiger partial charge in [0.2, 0.25) is 0 Å². The monoisotopic (exact) mass is 260 g/mol. The van der Waals surface area contributed by atoms with Crippen LogP contribution >= 0.6 is 0 Å². The SMILES string of the molecule is NC1CCOC2(CCN(Cc3ccccc3)CC2)C1. The van der Waals surface area contributed by atoms with Gasteiger partial charge in [-0.15, -0.1) is 0 Å². The fourth-order valence-electron chi connectivity index (χ4n) is 3.37. The minimum Gasteiger partial charge on any atom is -0.375 e. The fourth-order valence-corrected chi connectivity index (χ4v) is 3.37. The first kappa shape index (κ1) is 13.1. The van der Waals surface area contributed by atoms with Gasteiger partial charge in [-0.05, 0) is 31.2 Å². The van der Waals surface area contributed by atoms with Gasteiger partial charge in [-0.25, -0.2) is 0 Å². The molecule has 2 saturated heterocycles. The molecule has 0 radical (unpaired) electrons. The molecule has 2 heterocycles. The van der Waals surface area contributed by atoms with Crippen LogP contribution < -0.4 is 5.73 Å². The molecule has 0 saturated carbocycles. The Bertz CT molecular complexity index is 398. The molecule has 1 unspecified atom stereocenters. The van der Waals surface area contributed by atoms with E-state index < -0.39 is 0 Å². The zero-order valence-corrected chi connectivity index (χ0v) is 11.6. The molecule has 104 valence electrons. The van der Waals surface area contributed by atoms with E-state index in [2.05, 4.69) is 35.2 Å². The molecule has 1 atom stereocenters. The predicted molar refractivity (Wildman–Crippen MR) is 76.8 cm³/mol. The molecule has 1 spiro atoms. The van der Waals surface area contributed by atoms with Crippen molar-refractivity contribution >= 4 is 0 Å². The number of benzene rings is 1. The Balaban J connectivity index is 1.54. The highest BCUT2D eigenvalue weighted by Gasteiger charge is 2.39. The largest absolute Gasteiger partial charge is 0.375 e. The van der Waals surface area contributed by atoms with E-state index in [1.165, 1.54) is 5.56 Å². The van der Waals surface area contributed by atoms with Gasteiger partial charge in [-0.3, -0.25) is 4.90 Å². The van der Waals surface area contributed by atoms with Crippen molar-refractivity contribution in [1.82, 2.24) is 4.90 Å². The number of rotatable bonds is 2. The molecule has 0 amide bonds. The molecule has 3 rings (SSSR count). The molecule has 2 fully saturated rings. The lowest BCUT2D eigenvalue weighted by Crippen LogP contribution is -2.51. The lowest BCUT2D eigenvalue weighted by Gasteiger charge is -2.45. The minimum absolute atomic E-state index is 0.0881. The van der Waals surface area contributed by atoms with Crippen LogP contribution in [-0.4, -0.2) is 36.2 Å². The number of ether oxygens (including phenoxy) is 1. The van der Waals surface area contributed by atoms with E-state index in [0.29, 0.717) is 6.04 Å². The molecule has 3 nitrogen and oxygen atoms in total. The van der Waals surface area contributed by atoms with Gasteiger partial charge in [-0.1, -0.05) is 30.3 Å². The second-order valence-corrected chi connectivity index (χ2v) is 6.05. The van der Waals surface area contributed by atoms with Gasteiger partial charge in [0.05, 0.1) is 5.60 Å². The summed E-state index contributed by atoms with van der Waals surface area (Å²) in [5, 5.41) is 0. The zero-order chi connectivity index (χ0) is 13.1. The van der Waals surface area contributed by atoms with Crippen LogP contribution in [0, 0.1) is 0 Å². The van der Waals surface area contributed by atoms with Crippen LogP contribution in [0.3, 0.4) is 0 Å². The molecule has 0 aromatic heterocycles. The zero-order valence-electron chi connectivity index (χ0n) is 11.6. The predicted octanol–water partition coefficient (Wildman–Crippen LogP) is 2.16.